The number of aliphatic hydroxyl groups is 1. The Morgan fingerprint density at radius 2 is 2.00 bits per heavy atom. The van der Waals surface area contributed by atoms with Gasteiger partial charge in [-0.2, -0.15) is 0 Å². The molecule has 0 heterocycles. The lowest BCUT2D eigenvalue weighted by molar-refractivity contribution is -0.134. The molecule has 0 aromatic carbocycles. The van der Waals surface area contributed by atoms with Crippen molar-refractivity contribution in [3.63, 3.8) is 0 Å². The van der Waals surface area contributed by atoms with Crippen LogP contribution in [0.3, 0.4) is 0 Å². The van der Waals surface area contributed by atoms with Crippen molar-refractivity contribution in [1.82, 2.24) is 0 Å². The van der Waals surface area contributed by atoms with Gasteiger partial charge >= 0.3 is 0 Å². The molecule has 0 aliphatic carbocycles. The van der Waals surface area contributed by atoms with E-state index < -0.39 is 5.97 Å². The molecule has 2 N–H and O–H groups in total. The van der Waals surface area contributed by atoms with E-state index in [0.29, 0.717) is 0 Å². The summed E-state index contributed by atoms with van der Waals surface area (Å²) in [6, 6.07) is 0. The molecule has 0 spiro atoms. The zero-order valence-corrected chi connectivity index (χ0v) is 8.33. The molecule has 0 aliphatic rings. The second-order valence-electron chi connectivity index (χ2n) is 1.74. The third-order valence-corrected chi connectivity index (χ3v) is 1.15. The summed E-state index contributed by atoms with van der Waals surface area (Å²) in [6.07, 6.45) is 1.99. The minimum absolute atomic E-state index is 0.132. The molecule has 0 aliphatic heterocycles. The van der Waals surface area contributed by atoms with Crippen LogP contribution in [0.1, 0.15) is 26.7 Å². The molecule has 0 aromatic rings. The lowest BCUT2D eigenvalue weighted by Crippen LogP contribution is -1.90. The molecule has 10 heavy (non-hydrogen) atoms. The second-order valence-corrected chi connectivity index (χ2v) is 3.18. The summed E-state index contributed by atoms with van der Waals surface area (Å²) in [4.78, 5) is 9.00. The van der Waals surface area contributed by atoms with Gasteiger partial charge in [0, 0.05) is 6.92 Å². The van der Waals surface area contributed by atoms with Crippen molar-refractivity contribution in [2.75, 3.05) is 0 Å². The summed E-state index contributed by atoms with van der Waals surface area (Å²) >= 11 is 2.00. The molecule has 0 fully saturated rings. The van der Waals surface area contributed by atoms with Gasteiger partial charge in [0.2, 0.25) is 0 Å². The Morgan fingerprint density at radius 3 is 2.00 bits per heavy atom. The van der Waals surface area contributed by atoms with Gasteiger partial charge in [-0.1, -0.05) is 35.9 Å². The van der Waals surface area contributed by atoms with Gasteiger partial charge in [0.05, 0.1) is 0 Å². The highest BCUT2D eigenvalue weighted by Crippen LogP contribution is 2.01. The number of carboxylic acid groups (broad SMARTS) is 1. The SMILES string of the molecule is CC(=O)O.CCCC(O)I. The summed E-state index contributed by atoms with van der Waals surface area (Å²) in [5.74, 6) is -0.833. The van der Waals surface area contributed by atoms with E-state index in [-0.39, 0.29) is 4.11 Å². The number of rotatable bonds is 2. The monoisotopic (exact) mass is 260 g/mol. The fraction of sp³-hybridized carbons (Fsp3) is 0.833. The maximum absolute atomic E-state index is 9.00. The Morgan fingerprint density at radius 1 is 1.70 bits per heavy atom. The van der Waals surface area contributed by atoms with Gasteiger partial charge < -0.3 is 10.2 Å². The minimum atomic E-state index is -0.833. The zero-order valence-electron chi connectivity index (χ0n) is 6.17. The number of carbonyl (C=O) groups is 1. The molecule has 0 rings (SSSR count). The third-order valence-electron chi connectivity index (χ3n) is 0.527. The van der Waals surface area contributed by atoms with E-state index in [1.807, 2.05) is 22.6 Å². The summed E-state index contributed by atoms with van der Waals surface area (Å²) in [7, 11) is 0. The fourth-order valence-electron chi connectivity index (χ4n) is 0.238. The van der Waals surface area contributed by atoms with Crippen LogP contribution >= 0.6 is 22.6 Å². The molecule has 62 valence electrons. The van der Waals surface area contributed by atoms with E-state index in [9.17, 15) is 0 Å². The van der Waals surface area contributed by atoms with Crippen LogP contribution < -0.4 is 0 Å². The van der Waals surface area contributed by atoms with Crippen LogP contribution in [0.15, 0.2) is 0 Å². The lowest BCUT2D eigenvalue weighted by Gasteiger charge is -1.93. The largest absolute Gasteiger partial charge is 0.481 e. The van der Waals surface area contributed by atoms with Gasteiger partial charge in [-0.3, -0.25) is 4.79 Å². The van der Waals surface area contributed by atoms with Gasteiger partial charge in [-0.05, 0) is 6.42 Å². The number of aliphatic carboxylic acids is 1. The van der Waals surface area contributed by atoms with Crippen molar-refractivity contribution in [2.24, 2.45) is 0 Å². The van der Waals surface area contributed by atoms with Crippen molar-refractivity contribution in [3.8, 4) is 0 Å². The van der Waals surface area contributed by atoms with Crippen LogP contribution in [0.25, 0.3) is 0 Å². The number of hydrogen-bond donors (Lipinski definition) is 2. The van der Waals surface area contributed by atoms with E-state index in [2.05, 4.69) is 6.92 Å². The first kappa shape index (κ1) is 12.8. The molecule has 0 aromatic heterocycles. The number of alkyl halides is 1. The standard InChI is InChI=1S/C4H9IO.C2H4O2/c1-2-3-4(5)6;1-2(3)4/h4,6H,2-3H2,1H3;1H3,(H,3,4). The van der Waals surface area contributed by atoms with E-state index >= 15 is 0 Å². The molecule has 1 atom stereocenters. The Balaban J connectivity index is 0. The quantitative estimate of drug-likeness (QED) is 0.586. The van der Waals surface area contributed by atoms with Crippen molar-refractivity contribution in [2.45, 2.75) is 30.8 Å². The van der Waals surface area contributed by atoms with Crippen LogP contribution in [0.2, 0.25) is 0 Å². The van der Waals surface area contributed by atoms with E-state index in [1.165, 1.54) is 0 Å². The molecule has 0 saturated carbocycles. The average molecular weight is 260 g/mol. The van der Waals surface area contributed by atoms with Crippen LogP contribution in [0.4, 0.5) is 0 Å². The number of carboxylic acids is 1. The number of aliphatic hydroxyl groups excluding tert-OH is 1. The summed E-state index contributed by atoms with van der Waals surface area (Å²) in [6.45, 7) is 3.14. The highest BCUT2D eigenvalue weighted by atomic mass is 127. The normalized spacial score (nSPS) is 11.2. The topological polar surface area (TPSA) is 57.5 Å². The number of halogens is 1. The fourth-order valence-corrected chi connectivity index (χ4v) is 0.861. The first-order valence-electron chi connectivity index (χ1n) is 3.02. The Bertz CT molecular complexity index is 79.1. The first-order valence-corrected chi connectivity index (χ1v) is 4.27. The van der Waals surface area contributed by atoms with Crippen LogP contribution in [0.5, 0.6) is 0 Å². The summed E-state index contributed by atoms with van der Waals surface area (Å²) < 4.78 is -0.132. The van der Waals surface area contributed by atoms with Gasteiger partial charge in [-0.25, -0.2) is 0 Å². The molecule has 0 amide bonds. The molecular formula is C6H13IO3. The highest BCUT2D eigenvalue weighted by Gasteiger charge is 1.89. The van der Waals surface area contributed by atoms with Crippen molar-refractivity contribution < 1.29 is 15.0 Å². The number of hydrogen-bond acceptors (Lipinski definition) is 2. The van der Waals surface area contributed by atoms with Crippen LogP contribution in [-0.4, -0.2) is 20.3 Å². The molecular weight excluding hydrogens is 247 g/mol. The Labute approximate surface area is 74.6 Å². The van der Waals surface area contributed by atoms with Gasteiger partial charge in [0.1, 0.15) is 4.11 Å². The maximum Gasteiger partial charge on any atom is 0.300 e. The van der Waals surface area contributed by atoms with Gasteiger partial charge in [-0.15, -0.1) is 0 Å². The van der Waals surface area contributed by atoms with Crippen LogP contribution in [-0.2, 0) is 4.79 Å². The van der Waals surface area contributed by atoms with Crippen LogP contribution in [0, 0.1) is 0 Å². The molecule has 1 unspecified atom stereocenters. The predicted molar refractivity (Wildman–Crippen MR) is 48.2 cm³/mol. The predicted octanol–water partition coefficient (Wildman–Crippen LogP) is 1.63. The minimum Gasteiger partial charge on any atom is -0.481 e. The maximum atomic E-state index is 9.00. The summed E-state index contributed by atoms with van der Waals surface area (Å²) in [5.41, 5.74) is 0. The zero-order chi connectivity index (χ0) is 8.57. The smallest absolute Gasteiger partial charge is 0.300 e. The molecule has 3 nitrogen and oxygen atoms in total. The molecule has 0 bridgehead atoms. The van der Waals surface area contributed by atoms with E-state index in [1.54, 1.807) is 0 Å². The second kappa shape index (κ2) is 9.16. The van der Waals surface area contributed by atoms with E-state index in [0.717, 1.165) is 19.8 Å². The Hall–Kier alpha value is 0.160. The lowest BCUT2D eigenvalue weighted by atomic mass is 10.4. The first-order chi connectivity index (χ1) is 4.50. The van der Waals surface area contributed by atoms with Crippen molar-refractivity contribution in [1.29, 1.82) is 0 Å². The molecule has 0 saturated heterocycles. The third kappa shape index (κ3) is 41.9. The van der Waals surface area contributed by atoms with Gasteiger partial charge in [0.15, 0.2) is 0 Å². The van der Waals surface area contributed by atoms with Crippen molar-refractivity contribution in [3.05, 3.63) is 0 Å². The van der Waals surface area contributed by atoms with E-state index in [4.69, 9.17) is 15.0 Å². The average Bonchev–Trinajstić information content (AvgIpc) is 1.62. The summed E-state index contributed by atoms with van der Waals surface area (Å²) in [5, 5.41) is 16.0. The van der Waals surface area contributed by atoms with Crippen molar-refractivity contribution >= 4 is 28.6 Å². The highest BCUT2D eigenvalue weighted by molar-refractivity contribution is 14.1. The van der Waals surface area contributed by atoms with Gasteiger partial charge in [0.25, 0.3) is 5.97 Å². The molecule has 0 radical (unpaired) electrons. The molecule has 4 heteroatoms. The Kier molecular flexibility index (Phi) is 11.7.